The van der Waals surface area contributed by atoms with Crippen molar-refractivity contribution in [1.29, 1.82) is 0 Å². The van der Waals surface area contributed by atoms with Crippen LogP contribution in [0.5, 0.6) is 17.8 Å². The van der Waals surface area contributed by atoms with Crippen molar-refractivity contribution >= 4 is 17.7 Å². The number of anilines is 2. The molecule has 0 saturated carbocycles. The maximum Gasteiger partial charge on any atom is 0.330 e. The minimum absolute atomic E-state index is 0.149. The van der Waals surface area contributed by atoms with Gasteiger partial charge in [0.1, 0.15) is 5.75 Å². The van der Waals surface area contributed by atoms with Crippen molar-refractivity contribution in [2.45, 2.75) is 50.9 Å². The van der Waals surface area contributed by atoms with Crippen molar-refractivity contribution in [2.75, 3.05) is 11.9 Å². The topological polar surface area (TPSA) is 69.2 Å². The number of hydrogen-bond donors (Lipinski definition) is 1. The van der Waals surface area contributed by atoms with Gasteiger partial charge in [0.15, 0.2) is 0 Å². The SMILES string of the molecule is C=Cc1ccc(Nc2nc(OCCCCCCCC)nc(Oc3ccc(C(c4ccccc4)(c4ccccc4)c4ccccc4)cc3)n2)cc1. The number of ether oxygens (including phenoxy) is 2. The summed E-state index contributed by atoms with van der Waals surface area (Å²) in [5.74, 6) is 0.943. The lowest BCUT2D eigenvalue weighted by Gasteiger charge is -2.36. The average Bonchev–Trinajstić information content (AvgIpc) is 3.17. The second-order valence-electron chi connectivity index (χ2n) is 12.3. The molecule has 6 nitrogen and oxygen atoms in total. The van der Waals surface area contributed by atoms with Crippen LogP contribution in [0.4, 0.5) is 11.6 Å². The molecule has 1 aromatic heterocycles. The fourth-order valence-electron chi connectivity index (χ4n) is 6.32. The summed E-state index contributed by atoms with van der Waals surface area (Å²) in [4.78, 5) is 13.7. The molecule has 0 unspecified atom stereocenters. The maximum absolute atomic E-state index is 6.29. The van der Waals surface area contributed by atoms with Crippen LogP contribution in [0, 0.1) is 0 Å². The summed E-state index contributed by atoms with van der Waals surface area (Å²) in [7, 11) is 0. The largest absolute Gasteiger partial charge is 0.463 e. The molecule has 0 fully saturated rings. The van der Waals surface area contributed by atoms with Crippen LogP contribution < -0.4 is 14.8 Å². The predicted octanol–water partition coefficient (Wildman–Crippen LogP) is 11.2. The third-order valence-corrected chi connectivity index (χ3v) is 8.84. The Morgan fingerprint density at radius 1 is 0.580 bits per heavy atom. The number of benzene rings is 5. The van der Waals surface area contributed by atoms with Gasteiger partial charge >= 0.3 is 12.0 Å². The lowest BCUT2D eigenvalue weighted by Crippen LogP contribution is -2.30. The molecule has 6 aromatic rings. The van der Waals surface area contributed by atoms with Gasteiger partial charge in [0, 0.05) is 5.69 Å². The van der Waals surface area contributed by atoms with Gasteiger partial charge in [-0.2, -0.15) is 9.97 Å². The van der Waals surface area contributed by atoms with Gasteiger partial charge in [-0.25, -0.2) is 0 Å². The Labute approximate surface area is 295 Å². The summed E-state index contributed by atoms with van der Waals surface area (Å²) in [6.07, 6.45) is 8.80. The normalized spacial score (nSPS) is 11.1. The number of unbranched alkanes of at least 4 members (excludes halogenated alkanes) is 5. The minimum Gasteiger partial charge on any atom is -0.463 e. The van der Waals surface area contributed by atoms with E-state index in [2.05, 4.69) is 137 Å². The van der Waals surface area contributed by atoms with Crippen molar-refractivity contribution < 1.29 is 9.47 Å². The van der Waals surface area contributed by atoms with Gasteiger partial charge < -0.3 is 14.8 Å². The van der Waals surface area contributed by atoms with Gasteiger partial charge in [0.2, 0.25) is 5.95 Å². The minimum atomic E-state index is -0.550. The molecule has 252 valence electrons. The molecule has 0 aliphatic rings. The molecule has 50 heavy (non-hydrogen) atoms. The molecule has 6 rings (SSSR count). The number of aromatic nitrogens is 3. The molecular weight excluding hydrogens is 617 g/mol. The molecule has 0 bridgehead atoms. The first kappa shape index (κ1) is 34.1. The highest BCUT2D eigenvalue weighted by Gasteiger charge is 2.38. The molecule has 1 heterocycles. The third kappa shape index (κ3) is 8.27. The van der Waals surface area contributed by atoms with Gasteiger partial charge in [0.25, 0.3) is 0 Å². The molecule has 5 aromatic carbocycles. The van der Waals surface area contributed by atoms with Crippen molar-refractivity contribution in [2.24, 2.45) is 0 Å². The molecule has 0 aliphatic carbocycles. The fourth-order valence-corrected chi connectivity index (χ4v) is 6.32. The standard InChI is InChI=1S/C44H44N4O2/c1-3-5-6-7-8-18-33-49-42-46-41(45-39-29-25-34(4-2)26-30-39)47-43(48-42)50-40-31-27-38(28-32-40)44(35-19-12-9-13-20-35,36-21-14-10-15-22-36)37-23-16-11-17-24-37/h4,9-17,19-32H,2-3,5-8,18,33H2,1H3,(H,45,46,47,48). The van der Waals surface area contributed by atoms with Crippen molar-refractivity contribution in [3.05, 3.63) is 174 Å². The Morgan fingerprint density at radius 3 is 1.66 bits per heavy atom. The van der Waals surface area contributed by atoms with Crippen molar-refractivity contribution in [3.63, 3.8) is 0 Å². The molecule has 0 radical (unpaired) electrons. The summed E-state index contributed by atoms with van der Waals surface area (Å²) in [6, 6.07) is 48.4. The quantitative estimate of drug-likeness (QED) is 0.0775. The first-order chi connectivity index (χ1) is 24.7. The van der Waals surface area contributed by atoms with E-state index in [0.29, 0.717) is 18.3 Å². The Balaban J connectivity index is 1.30. The predicted molar refractivity (Wildman–Crippen MR) is 203 cm³/mol. The Hall–Kier alpha value is -5.75. The van der Waals surface area contributed by atoms with Crippen LogP contribution in [0.25, 0.3) is 6.08 Å². The zero-order valence-electron chi connectivity index (χ0n) is 28.7. The first-order valence-corrected chi connectivity index (χ1v) is 17.5. The molecule has 0 saturated heterocycles. The molecule has 0 atom stereocenters. The smallest absolute Gasteiger partial charge is 0.330 e. The molecular formula is C44H44N4O2. The van der Waals surface area contributed by atoms with Crippen LogP contribution in [-0.4, -0.2) is 21.6 Å². The van der Waals surface area contributed by atoms with Gasteiger partial charge in [-0.3, -0.25) is 0 Å². The zero-order chi connectivity index (χ0) is 34.4. The Kier molecular flexibility index (Phi) is 11.7. The van der Waals surface area contributed by atoms with Crippen molar-refractivity contribution in [1.82, 2.24) is 15.0 Å². The summed E-state index contributed by atoms with van der Waals surface area (Å²) < 4.78 is 12.3. The third-order valence-electron chi connectivity index (χ3n) is 8.84. The second kappa shape index (κ2) is 17.1. The first-order valence-electron chi connectivity index (χ1n) is 17.5. The number of rotatable bonds is 17. The van der Waals surface area contributed by atoms with E-state index >= 15 is 0 Å². The van der Waals surface area contributed by atoms with Crippen LogP contribution in [0.2, 0.25) is 0 Å². The highest BCUT2D eigenvalue weighted by Crippen LogP contribution is 2.45. The Bertz CT molecular complexity index is 1820. The van der Waals surface area contributed by atoms with Gasteiger partial charge in [-0.15, -0.1) is 4.98 Å². The zero-order valence-corrected chi connectivity index (χ0v) is 28.7. The number of nitrogens with zero attached hydrogens (tertiary/aromatic N) is 3. The summed E-state index contributed by atoms with van der Waals surface area (Å²) >= 11 is 0. The van der Waals surface area contributed by atoms with Crippen LogP contribution >= 0.6 is 0 Å². The van der Waals surface area contributed by atoms with E-state index in [-0.39, 0.29) is 12.0 Å². The van der Waals surface area contributed by atoms with E-state index in [1.807, 2.05) is 42.5 Å². The monoisotopic (exact) mass is 660 g/mol. The summed E-state index contributed by atoms with van der Waals surface area (Å²) in [6.45, 7) is 6.60. The molecule has 6 heteroatoms. The molecule has 1 N–H and O–H groups in total. The van der Waals surface area contributed by atoms with E-state index in [0.717, 1.165) is 29.7 Å². The molecule has 0 spiro atoms. The maximum atomic E-state index is 6.29. The van der Waals surface area contributed by atoms with Crippen LogP contribution in [0.15, 0.2) is 146 Å². The average molecular weight is 661 g/mol. The van der Waals surface area contributed by atoms with E-state index in [4.69, 9.17) is 9.47 Å². The van der Waals surface area contributed by atoms with E-state index in [1.165, 1.54) is 42.4 Å². The fraction of sp³-hybridized carbons (Fsp3) is 0.205. The summed E-state index contributed by atoms with van der Waals surface area (Å²) in [5.41, 5.74) is 5.94. The van der Waals surface area contributed by atoms with Crippen LogP contribution in [-0.2, 0) is 5.41 Å². The van der Waals surface area contributed by atoms with E-state index in [9.17, 15) is 0 Å². The van der Waals surface area contributed by atoms with Gasteiger partial charge in [-0.05, 0) is 58.5 Å². The number of hydrogen-bond acceptors (Lipinski definition) is 6. The second-order valence-corrected chi connectivity index (χ2v) is 12.3. The summed E-state index contributed by atoms with van der Waals surface area (Å²) in [5, 5.41) is 3.27. The van der Waals surface area contributed by atoms with Crippen molar-refractivity contribution in [3.8, 4) is 17.8 Å². The highest BCUT2D eigenvalue weighted by molar-refractivity contribution is 5.61. The molecule has 0 amide bonds. The lowest BCUT2D eigenvalue weighted by molar-refractivity contribution is 0.275. The Morgan fingerprint density at radius 2 is 1.10 bits per heavy atom. The van der Waals surface area contributed by atoms with Gasteiger partial charge in [-0.1, -0.05) is 167 Å². The number of nitrogens with one attached hydrogen (secondary N) is 1. The van der Waals surface area contributed by atoms with E-state index in [1.54, 1.807) is 0 Å². The van der Waals surface area contributed by atoms with Crippen LogP contribution in [0.3, 0.4) is 0 Å². The lowest BCUT2D eigenvalue weighted by atomic mass is 9.65. The van der Waals surface area contributed by atoms with Gasteiger partial charge in [0.05, 0.1) is 12.0 Å². The van der Waals surface area contributed by atoms with E-state index < -0.39 is 5.41 Å². The molecule has 0 aliphatic heterocycles. The highest BCUT2D eigenvalue weighted by atomic mass is 16.5. The van der Waals surface area contributed by atoms with Crippen LogP contribution in [0.1, 0.15) is 73.3 Å².